The number of rotatable bonds is 3. The minimum absolute atomic E-state index is 0.0597. The van der Waals surface area contributed by atoms with E-state index in [9.17, 15) is 0 Å². The predicted octanol–water partition coefficient (Wildman–Crippen LogP) is 1.01. The number of aliphatic hydroxyl groups is 1. The van der Waals surface area contributed by atoms with Crippen LogP contribution in [0.3, 0.4) is 0 Å². The molecule has 0 saturated heterocycles. The lowest BCUT2D eigenvalue weighted by Gasteiger charge is -1.96. The zero-order chi connectivity index (χ0) is 9.26. The van der Waals surface area contributed by atoms with Gasteiger partial charge < -0.3 is 25.0 Å². The summed E-state index contributed by atoms with van der Waals surface area (Å²) in [5.74, 6) is 0.908. The smallest absolute Gasteiger partial charge is 0.197 e. The first-order valence-corrected chi connectivity index (χ1v) is 3.93. The second kappa shape index (κ2) is 3.02. The summed E-state index contributed by atoms with van der Waals surface area (Å²) in [5.41, 5.74) is 6.62. The van der Waals surface area contributed by atoms with Crippen molar-refractivity contribution >= 4 is 22.9 Å². The second-order valence-corrected chi connectivity index (χ2v) is 2.64. The number of nitrogens with one attached hydrogen (secondary N) is 1. The Morgan fingerprint density at radius 3 is 2.77 bits per heavy atom. The van der Waals surface area contributed by atoms with Crippen LogP contribution in [0.25, 0.3) is 11.2 Å². The summed E-state index contributed by atoms with van der Waals surface area (Å²) in [6, 6.07) is 3.31. The molecule has 0 bridgehead atoms. The Morgan fingerprint density at radius 2 is 2.08 bits per heavy atom. The Balaban J connectivity index is 2.24. The zero-order valence-corrected chi connectivity index (χ0v) is 6.91. The third kappa shape index (κ3) is 1.46. The first-order chi connectivity index (χ1) is 6.29. The molecule has 0 aromatic carbocycles. The highest BCUT2D eigenvalue weighted by molar-refractivity contribution is 5.78. The maximum Gasteiger partial charge on any atom is 0.197 e. The molecule has 0 atom stereocenters. The summed E-state index contributed by atoms with van der Waals surface area (Å²) in [7, 11) is 0. The van der Waals surface area contributed by atoms with Crippen molar-refractivity contribution in [1.29, 1.82) is 0 Å². The van der Waals surface area contributed by atoms with Gasteiger partial charge in [0.2, 0.25) is 0 Å². The molecule has 0 amide bonds. The maximum absolute atomic E-state index is 8.55. The van der Waals surface area contributed by atoms with Gasteiger partial charge in [-0.15, -0.1) is 0 Å². The molecule has 0 spiro atoms. The topological polar surface area (TPSA) is 84.6 Å². The fraction of sp³-hybridized carbons (Fsp3) is 0.250. The monoisotopic (exact) mass is 182 g/mol. The lowest BCUT2D eigenvalue weighted by molar-refractivity contribution is 0.310. The number of furan rings is 2. The van der Waals surface area contributed by atoms with Gasteiger partial charge in [0.05, 0.1) is 6.61 Å². The fourth-order valence-corrected chi connectivity index (χ4v) is 1.12. The molecule has 5 heteroatoms. The highest BCUT2D eigenvalue weighted by Crippen LogP contribution is 2.27. The number of hydrogen-bond donors (Lipinski definition) is 3. The molecule has 4 N–H and O–H groups in total. The van der Waals surface area contributed by atoms with Crippen molar-refractivity contribution < 1.29 is 13.9 Å². The van der Waals surface area contributed by atoms with Crippen molar-refractivity contribution in [2.24, 2.45) is 0 Å². The van der Waals surface area contributed by atoms with E-state index in [0.29, 0.717) is 29.5 Å². The minimum atomic E-state index is 0.0597. The average molecular weight is 182 g/mol. The van der Waals surface area contributed by atoms with Gasteiger partial charge in [-0.25, -0.2) is 0 Å². The standard InChI is InChI=1S/C8H10N2O3/c9-7-3-5-6(12-7)4-8(13-5)10-1-2-11/h3-4,10-11H,1-2,9H2. The summed E-state index contributed by atoms with van der Waals surface area (Å²) >= 11 is 0. The van der Waals surface area contributed by atoms with E-state index >= 15 is 0 Å². The van der Waals surface area contributed by atoms with E-state index in [0.717, 1.165) is 0 Å². The summed E-state index contributed by atoms with van der Waals surface area (Å²) in [5, 5.41) is 11.4. The van der Waals surface area contributed by atoms with Gasteiger partial charge in [-0.05, 0) is 0 Å². The summed E-state index contributed by atoms with van der Waals surface area (Å²) < 4.78 is 10.4. The molecular weight excluding hydrogens is 172 g/mol. The van der Waals surface area contributed by atoms with Crippen LogP contribution in [0.15, 0.2) is 21.0 Å². The molecule has 0 unspecified atom stereocenters. The molecule has 0 radical (unpaired) electrons. The van der Waals surface area contributed by atoms with Crippen LogP contribution < -0.4 is 11.1 Å². The molecule has 2 rings (SSSR count). The largest absolute Gasteiger partial charge is 0.437 e. The normalized spacial score (nSPS) is 10.8. The van der Waals surface area contributed by atoms with Gasteiger partial charge >= 0.3 is 0 Å². The Labute approximate surface area is 74.1 Å². The van der Waals surface area contributed by atoms with E-state index in [-0.39, 0.29) is 6.61 Å². The number of hydrogen-bond acceptors (Lipinski definition) is 5. The minimum Gasteiger partial charge on any atom is -0.437 e. The van der Waals surface area contributed by atoms with E-state index in [2.05, 4.69) is 5.32 Å². The summed E-state index contributed by atoms with van der Waals surface area (Å²) in [4.78, 5) is 0. The van der Waals surface area contributed by atoms with Gasteiger partial charge in [-0.1, -0.05) is 0 Å². The number of nitrogen functional groups attached to an aromatic ring is 1. The van der Waals surface area contributed by atoms with Crippen molar-refractivity contribution in [2.45, 2.75) is 0 Å². The van der Waals surface area contributed by atoms with Crippen LogP contribution in [0.4, 0.5) is 11.8 Å². The van der Waals surface area contributed by atoms with Crippen LogP contribution in [-0.4, -0.2) is 18.3 Å². The Kier molecular flexibility index (Phi) is 1.86. The predicted molar refractivity (Wildman–Crippen MR) is 48.5 cm³/mol. The van der Waals surface area contributed by atoms with Crippen LogP contribution >= 0.6 is 0 Å². The molecule has 70 valence electrons. The Hall–Kier alpha value is -1.62. The summed E-state index contributed by atoms with van der Waals surface area (Å²) in [6.07, 6.45) is 0. The maximum atomic E-state index is 8.55. The molecule has 2 aromatic rings. The number of nitrogens with two attached hydrogens (primary N) is 1. The Morgan fingerprint density at radius 1 is 1.31 bits per heavy atom. The number of anilines is 2. The molecule has 0 aliphatic carbocycles. The van der Waals surface area contributed by atoms with Crippen molar-refractivity contribution in [3.05, 3.63) is 12.1 Å². The van der Waals surface area contributed by atoms with E-state index in [4.69, 9.17) is 19.7 Å². The van der Waals surface area contributed by atoms with Crippen molar-refractivity contribution in [2.75, 3.05) is 24.2 Å². The van der Waals surface area contributed by atoms with Crippen molar-refractivity contribution in [3.8, 4) is 0 Å². The number of fused-ring (bicyclic) bond motifs is 1. The highest BCUT2D eigenvalue weighted by atomic mass is 16.4. The van der Waals surface area contributed by atoms with Gasteiger partial charge in [0.15, 0.2) is 22.9 Å². The van der Waals surface area contributed by atoms with Crippen LogP contribution in [0.5, 0.6) is 0 Å². The third-order valence-electron chi connectivity index (χ3n) is 1.64. The molecule has 2 heterocycles. The van der Waals surface area contributed by atoms with Gasteiger partial charge in [-0.3, -0.25) is 0 Å². The number of aliphatic hydroxyl groups excluding tert-OH is 1. The van der Waals surface area contributed by atoms with E-state index in [1.54, 1.807) is 12.1 Å². The first-order valence-electron chi connectivity index (χ1n) is 3.93. The molecule has 5 nitrogen and oxygen atoms in total. The van der Waals surface area contributed by atoms with E-state index in [1.165, 1.54) is 0 Å². The van der Waals surface area contributed by atoms with Crippen molar-refractivity contribution in [1.82, 2.24) is 0 Å². The molecule has 0 fully saturated rings. The first kappa shape index (κ1) is 8.00. The van der Waals surface area contributed by atoms with E-state index < -0.39 is 0 Å². The molecule has 0 aliphatic heterocycles. The second-order valence-electron chi connectivity index (χ2n) is 2.64. The molecule has 2 aromatic heterocycles. The lowest BCUT2D eigenvalue weighted by Crippen LogP contribution is -2.03. The van der Waals surface area contributed by atoms with Gasteiger partial charge in [0.1, 0.15) is 0 Å². The van der Waals surface area contributed by atoms with Crippen molar-refractivity contribution in [3.63, 3.8) is 0 Å². The highest BCUT2D eigenvalue weighted by Gasteiger charge is 2.07. The SMILES string of the molecule is Nc1cc2oc(NCCO)cc2o1. The Bertz CT molecular complexity index is 373. The molecule has 0 aliphatic rings. The molecule has 0 saturated carbocycles. The molecular formula is C8H10N2O3. The quantitative estimate of drug-likeness (QED) is 0.659. The molecule has 13 heavy (non-hydrogen) atoms. The van der Waals surface area contributed by atoms with E-state index in [1.807, 2.05) is 0 Å². The van der Waals surface area contributed by atoms with Gasteiger partial charge in [0.25, 0.3) is 0 Å². The van der Waals surface area contributed by atoms with Gasteiger partial charge in [-0.2, -0.15) is 0 Å². The van der Waals surface area contributed by atoms with Crippen LogP contribution in [-0.2, 0) is 0 Å². The van der Waals surface area contributed by atoms with Crippen LogP contribution in [0.1, 0.15) is 0 Å². The van der Waals surface area contributed by atoms with Crippen LogP contribution in [0.2, 0.25) is 0 Å². The lowest BCUT2D eigenvalue weighted by atomic mass is 10.5. The summed E-state index contributed by atoms with van der Waals surface area (Å²) in [6.45, 7) is 0.510. The van der Waals surface area contributed by atoms with Crippen LogP contribution in [0, 0.1) is 0 Å². The van der Waals surface area contributed by atoms with Gasteiger partial charge in [0, 0.05) is 18.7 Å². The fourth-order valence-electron chi connectivity index (χ4n) is 1.12. The third-order valence-corrected chi connectivity index (χ3v) is 1.64. The zero-order valence-electron chi connectivity index (χ0n) is 6.91. The average Bonchev–Trinajstić information content (AvgIpc) is 2.57.